The van der Waals surface area contributed by atoms with Crippen LogP contribution in [0.25, 0.3) is 11.7 Å². The largest absolute Gasteiger partial charge is 0.497 e. The molecule has 9 nitrogen and oxygen atoms in total. The molecule has 1 amide bonds. The Morgan fingerprint density at radius 1 is 1.00 bits per heavy atom. The van der Waals surface area contributed by atoms with Crippen molar-refractivity contribution in [2.75, 3.05) is 19.5 Å². The number of carbonyl (C=O) groups excluding carboxylic acids is 1. The highest BCUT2D eigenvalue weighted by Crippen LogP contribution is 2.27. The molecule has 0 radical (unpaired) electrons. The number of rotatable bonds is 7. The van der Waals surface area contributed by atoms with Crippen molar-refractivity contribution in [1.82, 2.24) is 9.38 Å². The lowest BCUT2D eigenvalue weighted by Gasteiger charge is -2.11. The van der Waals surface area contributed by atoms with Gasteiger partial charge in [0.05, 0.1) is 19.9 Å². The smallest absolute Gasteiger partial charge is 0.269 e. The molecule has 2 aromatic carbocycles. The van der Waals surface area contributed by atoms with Crippen molar-refractivity contribution >= 4 is 23.3 Å². The maximum absolute atomic E-state index is 13.3. The van der Waals surface area contributed by atoms with E-state index in [0.717, 1.165) is 0 Å². The highest BCUT2D eigenvalue weighted by atomic mass is 16.5. The van der Waals surface area contributed by atoms with Gasteiger partial charge in [-0.3, -0.25) is 14.0 Å². The van der Waals surface area contributed by atoms with E-state index < -0.39 is 11.5 Å². The van der Waals surface area contributed by atoms with Gasteiger partial charge < -0.3 is 19.5 Å². The molecule has 0 aliphatic heterocycles. The van der Waals surface area contributed by atoms with Crippen LogP contribution < -0.4 is 25.1 Å². The summed E-state index contributed by atoms with van der Waals surface area (Å²) in [6.45, 7) is 0. The molecule has 0 fully saturated rings. The first-order chi connectivity index (χ1) is 17.0. The third kappa shape index (κ3) is 4.96. The fourth-order valence-corrected chi connectivity index (χ4v) is 3.27. The van der Waals surface area contributed by atoms with Crippen LogP contribution in [0.2, 0.25) is 0 Å². The van der Waals surface area contributed by atoms with Gasteiger partial charge >= 0.3 is 0 Å². The molecule has 1 N–H and O–H groups in total. The van der Waals surface area contributed by atoms with Crippen molar-refractivity contribution in [3.05, 3.63) is 94.4 Å². The van der Waals surface area contributed by atoms with Gasteiger partial charge in [-0.25, -0.2) is 0 Å². The van der Waals surface area contributed by atoms with Crippen molar-refractivity contribution in [1.29, 1.82) is 5.26 Å². The number of nitrogens with zero attached hydrogens (tertiary/aromatic N) is 3. The number of pyridine rings is 1. The van der Waals surface area contributed by atoms with E-state index >= 15 is 0 Å². The monoisotopic (exact) mass is 468 g/mol. The average Bonchev–Trinajstić information content (AvgIpc) is 2.89. The van der Waals surface area contributed by atoms with E-state index in [1.807, 2.05) is 6.07 Å². The molecule has 2 heterocycles. The summed E-state index contributed by atoms with van der Waals surface area (Å²) in [4.78, 5) is 30.6. The Balaban J connectivity index is 1.78. The summed E-state index contributed by atoms with van der Waals surface area (Å²) in [5.74, 6) is 0.677. The van der Waals surface area contributed by atoms with Crippen LogP contribution in [-0.2, 0) is 4.79 Å². The molecule has 2 aromatic heterocycles. The number of para-hydroxylation sites is 2. The highest BCUT2D eigenvalue weighted by molar-refractivity contribution is 6.10. The van der Waals surface area contributed by atoms with Crippen LogP contribution in [0.1, 0.15) is 5.56 Å². The van der Waals surface area contributed by atoms with Gasteiger partial charge in [-0.1, -0.05) is 18.2 Å². The molecule has 0 saturated carbocycles. The number of carbonyl (C=O) groups is 1. The number of anilines is 1. The summed E-state index contributed by atoms with van der Waals surface area (Å²) in [5.41, 5.74) is -0.155. The van der Waals surface area contributed by atoms with Gasteiger partial charge in [0, 0.05) is 6.20 Å². The first-order valence-corrected chi connectivity index (χ1v) is 10.4. The first kappa shape index (κ1) is 23.1. The zero-order valence-electron chi connectivity index (χ0n) is 18.9. The van der Waals surface area contributed by atoms with Gasteiger partial charge in [-0.15, -0.1) is 0 Å². The number of ether oxygens (including phenoxy) is 3. The van der Waals surface area contributed by atoms with Crippen molar-refractivity contribution in [2.24, 2.45) is 0 Å². The number of hydrogen-bond donors (Lipinski definition) is 1. The van der Waals surface area contributed by atoms with E-state index in [1.165, 1.54) is 17.6 Å². The standard InChI is InChI=1S/C26H20N4O5/c1-33-18-10-12-19(13-11-18)35-25-20(26(32)30-14-6-5-9-23(30)29-25)15-17(16-27)24(31)28-21-7-3-4-8-22(21)34-2/h3-15H,1-2H3,(H,28,31)/b17-15+. The summed E-state index contributed by atoms with van der Waals surface area (Å²) < 4.78 is 17.6. The third-order valence-electron chi connectivity index (χ3n) is 5.02. The molecule has 174 valence electrons. The number of nitrogens with one attached hydrogen (secondary N) is 1. The second-order valence-electron chi connectivity index (χ2n) is 7.17. The topological polar surface area (TPSA) is 115 Å². The number of amides is 1. The van der Waals surface area contributed by atoms with Gasteiger partial charge in [-0.05, 0) is 54.6 Å². The van der Waals surface area contributed by atoms with Gasteiger partial charge in [-0.2, -0.15) is 10.2 Å². The van der Waals surface area contributed by atoms with Crippen molar-refractivity contribution < 1.29 is 19.0 Å². The van der Waals surface area contributed by atoms with Gasteiger partial charge in [0.15, 0.2) is 0 Å². The summed E-state index contributed by atoms with van der Waals surface area (Å²) >= 11 is 0. The lowest BCUT2D eigenvalue weighted by atomic mass is 10.1. The normalized spacial score (nSPS) is 10.9. The van der Waals surface area contributed by atoms with Crippen LogP contribution in [0.3, 0.4) is 0 Å². The fourth-order valence-electron chi connectivity index (χ4n) is 3.27. The maximum Gasteiger partial charge on any atom is 0.269 e. The quantitative estimate of drug-likeness (QED) is 0.321. The molecule has 0 unspecified atom stereocenters. The summed E-state index contributed by atoms with van der Waals surface area (Å²) in [5, 5.41) is 12.3. The van der Waals surface area contributed by atoms with E-state index in [2.05, 4.69) is 10.3 Å². The zero-order valence-corrected chi connectivity index (χ0v) is 18.9. The predicted octanol–water partition coefficient (Wildman–Crippen LogP) is 4.05. The number of methoxy groups -OCH3 is 2. The SMILES string of the molecule is COc1ccc(Oc2nc3ccccn3c(=O)c2/C=C(\C#N)C(=O)Nc2ccccc2OC)cc1. The molecule has 35 heavy (non-hydrogen) atoms. The fraction of sp³-hybridized carbons (Fsp3) is 0.0769. The Labute approximate surface area is 200 Å². The first-order valence-electron chi connectivity index (χ1n) is 10.4. The molecular formula is C26H20N4O5. The van der Waals surface area contributed by atoms with E-state index in [9.17, 15) is 14.9 Å². The Bertz CT molecular complexity index is 1520. The zero-order chi connectivity index (χ0) is 24.8. The van der Waals surface area contributed by atoms with Crippen LogP contribution in [-0.4, -0.2) is 29.5 Å². The molecule has 0 spiro atoms. The summed E-state index contributed by atoms with van der Waals surface area (Å²) in [7, 11) is 3.01. The molecule has 0 aliphatic carbocycles. The van der Waals surface area contributed by atoms with Crippen LogP contribution in [0.5, 0.6) is 23.1 Å². The molecule has 4 aromatic rings. The molecule has 4 rings (SSSR count). The maximum atomic E-state index is 13.3. The Hall–Kier alpha value is -5.10. The molecular weight excluding hydrogens is 448 g/mol. The number of nitriles is 1. The van der Waals surface area contributed by atoms with E-state index in [0.29, 0.717) is 28.6 Å². The van der Waals surface area contributed by atoms with Gasteiger partial charge in [0.2, 0.25) is 5.88 Å². The van der Waals surface area contributed by atoms with Crippen LogP contribution >= 0.6 is 0 Å². The second kappa shape index (κ2) is 10.2. The molecule has 0 bridgehead atoms. The van der Waals surface area contributed by atoms with E-state index in [1.54, 1.807) is 80.0 Å². The van der Waals surface area contributed by atoms with Crippen molar-refractivity contribution in [2.45, 2.75) is 0 Å². The molecule has 0 atom stereocenters. The number of fused-ring (bicyclic) bond motifs is 1. The van der Waals surface area contributed by atoms with Crippen LogP contribution in [0.15, 0.2) is 83.3 Å². The lowest BCUT2D eigenvalue weighted by Crippen LogP contribution is -2.20. The molecule has 0 saturated heterocycles. The highest BCUT2D eigenvalue weighted by Gasteiger charge is 2.18. The van der Waals surface area contributed by atoms with E-state index in [4.69, 9.17) is 14.2 Å². The minimum absolute atomic E-state index is 0.0517. The van der Waals surface area contributed by atoms with Crippen molar-refractivity contribution in [3.63, 3.8) is 0 Å². The number of aromatic nitrogens is 2. The summed E-state index contributed by atoms with van der Waals surface area (Å²) in [6, 6.07) is 20.4. The lowest BCUT2D eigenvalue weighted by molar-refractivity contribution is -0.112. The molecule has 0 aliphatic rings. The predicted molar refractivity (Wildman–Crippen MR) is 130 cm³/mol. The minimum Gasteiger partial charge on any atom is -0.497 e. The van der Waals surface area contributed by atoms with Crippen LogP contribution in [0.4, 0.5) is 5.69 Å². The minimum atomic E-state index is -0.718. The number of benzene rings is 2. The van der Waals surface area contributed by atoms with Crippen LogP contribution in [0, 0.1) is 11.3 Å². The summed E-state index contributed by atoms with van der Waals surface area (Å²) in [6.07, 6.45) is 2.71. The Morgan fingerprint density at radius 2 is 1.71 bits per heavy atom. The Kier molecular flexibility index (Phi) is 6.74. The number of hydrogen-bond acceptors (Lipinski definition) is 7. The van der Waals surface area contributed by atoms with E-state index in [-0.39, 0.29) is 17.0 Å². The third-order valence-corrected chi connectivity index (χ3v) is 5.02. The van der Waals surface area contributed by atoms with Gasteiger partial charge in [0.1, 0.15) is 40.1 Å². The van der Waals surface area contributed by atoms with Crippen molar-refractivity contribution in [3.8, 4) is 29.2 Å². The second-order valence-corrected chi connectivity index (χ2v) is 7.17. The molecule has 9 heteroatoms. The van der Waals surface area contributed by atoms with Gasteiger partial charge in [0.25, 0.3) is 11.5 Å². The average molecular weight is 468 g/mol. The Morgan fingerprint density at radius 3 is 2.43 bits per heavy atom.